The molecular weight excluding hydrogens is 304 g/mol. The standard InChI is InChI=1S/C18H22N4O2/c1-2-6-14(7-3-1)20-15-8-9-16(19-11-15)17-21-18(24-22-17)13-5-4-10-23-12-13/h5,8-9,11,14,20H,1-4,6-7,10,12H2. The number of pyridine rings is 1. The maximum Gasteiger partial charge on any atom is 0.256 e. The summed E-state index contributed by atoms with van der Waals surface area (Å²) in [5.74, 6) is 1.04. The lowest BCUT2D eigenvalue weighted by Crippen LogP contribution is -2.22. The zero-order chi connectivity index (χ0) is 16.2. The van der Waals surface area contributed by atoms with Crippen LogP contribution < -0.4 is 5.32 Å². The number of hydrogen-bond acceptors (Lipinski definition) is 6. The molecule has 0 amide bonds. The van der Waals surface area contributed by atoms with Crippen LogP contribution in [0, 0.1) is 0 Å². The van der Waals surface area contributed by atoms with E-state index < -0.39 is 0 Å². The van der Waals surface area contributed by atoms with E-state index in [0.29, 0.717) is 24.4 Å². The first kappa shape index (κ1) is 15.3. The summed E-state index contributed by atoms with van der Waals surface area (Å²) in [6, 6.07) is 4.54. The molecule has 1 aliphatic heterocycles. The number of anilines is 1. The van der Waals surface area contributed by atoms with Crippen molar-refractivity contribution in [3.8, 4) is 11.5 Å². The Morgan fingerprint density at radius 2 is 2.04 bits per heavy atom. The van der Waals surface area contributed by atoms with E-state index in [-0.39, 0.29) is 0 Å². The zero-order valence-electron chi connectivity index (χ0n) is 13.7. The number of nitrogens with one attached hydrogen (secondary N) is 1. The van der Waals surface area contributed by atoms with E-state index in [2.05, 4.69) is 26.5 Å². The molecule has 2 aromatic heterocycles. The van der Waals surface area contributed by atoms with Crippen LogP contribution in [0.2, 0.25) is 0 Å². The summed E-state index contributed by atoms with van der Waals surface area (Å²) in [5.41, 5.74) is 2.73. The van der Waals surface area contributed by atoms with Crippen LogP contribution in [0.4, 0.5) is 5.69 Å². The van der Waals surface area contributed by atoms with Crippen LogP contribution >= 0.6 is 0 Å². The van der Waals surface area contributed by atoms with Gasteiger partial charge in [0.1, 0.15) is 5.69 Å². The Morgan fingerprint density at radius 1 is 1.12 bits per heavy atom. The predicted molar refractivity (Wildman–Crippen MR) is 91.4 cm³/mol. The van der Waals surface area contributed by atoms with Crippen molar-refractivity contribution in [1.82, 2.24) is 15.1 Å². The highest BCUT2D eigenvalue weighted by atomic mass is 16.5. The monoisotopic (exact) mass is 326 g/mol. The average molecular weight is 326 g/mol. The van der Waals surface area contributed by atoms with E-state index in [1.807, 2.05) is 18.3 Å². The lowest BCUT2D eigenvalue weighted by molar-refractivity contribution is 0.162. The highest BCUT2D eigenvalue weighted by Crippen LogP contribution is 2.24. The second-order valence-corrected chi connectivity index (χ2v) is 6.41. The van der Waals surface area contributed by atoms with Crippen molar-refractivity contribution in [2.24, 2.45) is 0 Å². The largest absolute Gasteiger partial charge is 0.381 e. The van der Waals surface area contributed by atoms with Gasteiger partial charge >= 0.3 is 0 Å². The van der Waals surface area contributed by atoms with Gasteiger partial charge in [-0.2, -0.15) is 4.98 Å². The minimum atomic E-state index is 0.515. The molecule has 0 spiro atoms. The molecule has 0 aromatic carbocycles. The molecule has 126 valence electrons. The second-order valence-electron chi connectivity index (χ2n) is 6.41. The van der Waals surface area contributed by atoms with Crippen LogP contribution in [0.1, 0.15) is 44.4 Å². The summed E-state index contributed by atoms with van der Waals surface area (Å²) < 4.78 is 10.8. The van der Waals surface area contributed by atoms with E-state index in [1.54, 1.807) is 0 Å². The Balaban J connectivity index is 1.44. The van der Waals surface area contributed by atoms with E-state index >= 15 is 0 Å². The number of hydrogen-bond donors (Lipinski definition) is 1. The second kappa shape index (κ2) is 7.13. The third-order valence-corrected chi connectivity index (χ3v) is 4.58. The number of ether oxygens (including phenoxy) is 1. The third kappa shape index (κ3) is 3.48. The van der Waals surface area contributed by atoms with Crippen LogP contribution in [-0.2, 0) is 4.74 Å². The topological polar surface area (TPSA) is 73.1 Å². The molecule has 0 unspecified atom stereocenters. The van der Waals surface area contributed by atoms with Gasteiger partial charge in [-0.3, -0.25) is 4.98 Å². The van der Waals surface area contributed by atoms with Crippen molar-refractivity contribution in [3.05, 3.63) is 30.3 Å². The normalized spacial score (nSPS) is 19.1. The maximum absolute atomic E-state index is 5.42. The molecule has 6 nitrogen and oxygen atoms in total. The first-order valence-corrected chi connectivity index (χ1v) is 8.72. The first-order chi connectivity index (χ1) is 11.9. The highest BCUT2D eigenvalue weighted by Gasteiger charge is 2.16. The van der Waals surface area contributed by atoms with Gasteiger partial charge in [0.25, 0.3) is 5.89 Å². The van der Waals surface area contributed by atoms with Gasteiger partial charge < -0.3 is 14.6 Å². The van der Waals surface area contributed by atoms with Gasteiger partial charge in [0.15, 0.2) is 0 Å². The van der Waals surface area contributed by atoms with Gasteiger partial charge in [-0.1, -0.05) is 30.5 Å². The fraction of sp³-hybridized carbons (Fsp3) is 0.500. The molecule has 1 aliphatic carbocycles. The Hall–Kier alpha value is -2.21. The summed E-state index contributed by atoms with van der Waals surface area (Å²) in [7, 11) is 0. The van der Waals surface area contributed by atoms with Crippen molar-refractivity contribution in [2.75, 3.05) is 18.5 Å². The van der Waals surface area contributed by atoms with Gasteiger partial charge in [0, 0.05) is 11.6 Å². The van der Waals surface area contributed by atoms with Crippen LogP contribution in [-0.4, -0.2) is 34.4 Å². The fourth-order valence-electron chi connectivity index (χ4n) is 3.26. The minimum absolute atomic E-state index is 0.515. The number of aromatic nitrogens is 3. The molecule has 1 N–H and O–H groups in total. The molecule has 4 rings (SSSR count). The van der Waals surface area contributed by atoms with Gasteiger partial charge in [-0.15, -0.1) is 0 Å². The Kier molecular flexibility index (Phi) is 4.55. The van der Waals surface area contributed by atoms with Gasteiger partial charge in [-0.25, -0.2) is 0 Å². The lowest BCUT2D eigenvalue weighted by Gasteiger charge is -2.23. The maximum atomic E-state index is 5.42. The highest BCUT2D eigenvalue weighted by molar-refractivity contribution is 5.62. The Morgan fingerprint density at radius 3 is 2.79 bits per heavy atom. The summed E-state index contributed by atoms with van der Waals surface area (Å²) in [5, 5.41) is 7.61. The molecule has 3 heterocycles. The minimum Gasteiger partial charge on any atom is -0.381 e. The van der Waals surface area contributed by atoms with Crippen molar-refractivity contribution < 1.29 is 9.26 Å². The van der Waals surface area contributed by atoms with Gasteiger partial charge in [0.05, 0.1) is 25.1 Å². The van der Waals surface area contributed by atoms with Crippen molar-refractivity contribution in [2.45, 2.75) is 44.6 Å². The zero-order valence-corrected chi connectivity index (χ0v) is 13.7. The van der Waals surface area contributed by atoms with Crippen LogP contribution in [0.3, 0.4) is 0 Å². The molecule has 6 heteroatoms. The van der Waals surface area contributed by atoms with E-state index in [1.165, 1.54) is 32.1 Å². The van der Waals surface area contributed by atoms with Crippen molar-refractivity contribution >= 4 is 11.3 Å². The summed E-state index contributed by atoms with van der Waals surface area (Å²) in [4.78, 5) is 8.92. The molecule has 0 atom stereocenters. The Bertz CT molecular complexity index is 702. The number of nitrogens with zero attached hydrogens (tertiary/aromatic N) is 3. The van der Waals surface area contributed by atoms with Crippen LogP contribution in [0.25, 0.3) is 17.1 Å². The molecule has 1 saturated carbocycles. The van der Waals surface area contributed by atoms with E-state index in [0.717, 1.165) is 30.0 Å². The molecule has 24 heavy (non-hydrogen) atoms. The molecule has 1 fully saturated rings. The van der Waals surface area contributed by atoms with E-state index in [4.69, 9.17) is 9.26 Å². The molecular formula is C18H22N4O2. The summed E-state index contributed by atoms with van der Waals surface area (Å²) in [6.45, 7) is 1.28. The molecule has 2 aromatic rings. The summed E-state index contributed by atoms with van der Waals surface area (Å²) in [6.07, 6.45) is 11.3. The first-order valence-electron chi connectivity index (χ1n) is 8.72. The molecule has 0 bridgehead atoms. The lowest BCUT2D eigenvalue weighted by atomic mass is 9.95. The fourth-order valence-corrected chi connectivity index (χ4v) is 3.26. The van der Waals surface area contributed by atoms with Crippen LogP contribution in [0.15, 0.2) is 28.9 Å². The molecule has 2 aliphatic rings. The Labute approximate surface area is 141 Å². The van der Waals surface area contributed by atoms with Crippen LogP contribution in [0.5, 0.6) is 0 Å². The quantitative estimate of drug-likeness (QED) is 0.924. The predicted octanol–water partition coefficient (Wildman–Crippen LogP) is 3.68. The van der Waals surface area contributed by atoms with Gasteiger partial charge in [-0.05, 0) is 31.4 Å². The van der Waals surface area contributed by atoms with Crippen molar-refractivity contribution in [3.63, 3.8) is 0 Å². The van der Waals surface area contributed by atoms with Crippen molar-refractivity contribution in [1.29, 1.82) is 0 Å². The van der Waals surface area contributed by atoms with E-state index in [9.17, 15) is 0 Å². The number of rotatable bonds is 4. The molecule has 0 saturated heterocycles. The average Bonchev–Trinajstić information content (AvgIpc) is 3.14. The smallest absolute Gasteiger partial charge is 0.256 e. The summed E-state index contributed by atoms with van der Waals surface area (Å²) >= 11 is 0. The van der Waals surface area contributed by atoms with Gasteiger partial charge in [0.2, 0.25) is 5.82 Å². The SMILES string of the molecule is C1=C(c2nc(-c3ccc(NC4CCCCC4)cn3)no2)COCC1. The molecule has 0 radical (unpaired) electrons. The third-order valence-electron chi connectivity index (χ3n) is 4.58.